The van der Waals surface area contributed by atoms with Gasteiger partial charge in [-0.3, -0.25) is 4.79 Å². The lowest BCUT2D eigenvalue weighted by molar-refractivity contribution is -0.132. The first-order chi connectivity index (χ1) is 10.6. The van der Waals surface area contributed by atoms with Crippen LogP contribution in [-0.4, -0.2) is 38.7 Å². The lowest BCUT2D eigenvalue weighted by Crippen LogP contribution is -2.41. The zero-order valence-corrected chi connectivity index (χ0v) is 14.0. The van der Waals surface area contributed by atoms with Crippen LogP contribution in [0.15, 0.2) is 16.8 Å². The molecule has 1 aliphatic rings. The molecule has 0 spiro atoms. The van der Waals surface area contributed by atoms with Crippen LogP contribution < -0.4 is 0 Å². The van der Waals surface area contributed by atoms with Gasteiger partial charge in [0.25, 0.3) is 0 Å². The molecule has 5 nitrogen and oxygen atoms in total. The summed E-state index contributed by atoms with van der Waals surface area (Å²) in [6.07, 6.45) is 3.54. The van der Waals surface area contributed by atoms with Crippen molar-refractivity contribution >= 4 is 17.2 Å². The first-order valence-corrected chi connectivity index (χ1v) is 8.76. The van der Waals surface area contributed by atoms with Crippen LogP contribution in [0.3, 0.4) is 0 Å². The number of likely N-dealkylation sites (tertiary alicyclic amines) is 1. The van der Waals surface area contributed by atoms with E-state index in [0.717, 1.165) is 44.0 Å². The van der Waals surface area contributed by atoms with Crippen molar-refractivity contribution in [3.63, 3.8) is 0 Å². The molecule has 22 heavy (non-hydrogen) atoms. The van der Waals surface area contributed by atoms with Gasteiger partial charge in [0.15, 0.2) is 0 Å². The molecule has 0 radical (unpaired) electrons. The molecule has 0 aliphatic carbocycles. The summed E-state index contributed by atoms with van der Waals surface area (Å²) in [4.78, 5) is 18.8. The van der Waals surface area contributed by atoms with Gasteiger partial charge in [0.1, 0.15) is 11.6 Å². The van der Waals surface area contributed by atoms with Crippen molar-refractivity contribution in [2.24, 2.45) is 0 Å². The minimum Gasteiger partial charge on any atom is -0.341 e. The molecule has 3 heterocycles. The van der Waals surface area contributed by atoms with Gasteiger partial charge in [0.05, 0.1) is 6.04 Å². The molecular formula is C16H22N4OS. The molecule has 2 aromatic heterocycles. The third kappa shape index (κ3) is 3.38. The SMILES string of the molecule is Cc1nc(C)n([C@@H]2CCCN(C(=O)CCc3ccsc3)C2)n1. The summed E-state index contributed by atoms with van der Waals surface area (Å²) in [5, 5.41) is 8.66. The molecule has 0 unspecified atom stereocenters. The third-order valence-electron chi connectivity index (χ3n) is 4.21. The molecule has 1 saturated heterocycles. The Morgan fingerprint density at radius 3 is 3.00 bits per heavy atom. The fraction of sp³-hybridized carbons (Fsp3) is 0.562. The monoisotopic (exact) mass is 318 g/mol. The molecule has 1 amide bonds. The number of thiophene rings is 1. The Morgan fingerprint density at radius 2 is 2.32 bits per heavy atom. The van der Waals surface area contributed by atoms with Crippen molar-refractivity contribution in [2.75, 3.05) is 13.1 Å². The van der Waals surface area contributed by atoms with Gasteiger partial charge in [-0.15, -0.1) is 0 Å². The number of amides is 1. The highest BCUT2D eigenvalue weighted by atomic mass is 32.1. The van der Waals surface area contributed by atoms with E-state index in [2.05, 4.69) is 26.9 Å². The van der Waals surface area contributed by atoms with Crippen LogP contribution in [0.4, 0.5) is 0 Å². The van der Waals surface area contributed by atoms with Crippen molar-refractivity contribution < 1.29 is 4.79 Å². The standard InChI is InChI=1S/C16H22N4OS/c1-12-17-13(2)20(18-12)15-4-3-8-19(10-15)16(21)6-5-14-7-9-22-11-14/h7,9,11,15H,3-6,8,10H2,1-2H3/t15-/m1/s1. The number of piperidine rings is 1. The van der Waals surface area contributed by atoms with E-state index in [0.29, 0.717) is 6.42 Å². The second-order valence-electron chi connectivity index (χ2n) is 5.92. The third-order valence-corrected chi connectivity index (χ3v) is 4.94. The van der Waals surface area contributed by atoms with Gasteiger partial charge in [0.2, 0.25) is 5.91 Å². The van der Waals surface area contributed by atoms with Crippen molar-refractivity contribution in [3.05, 3.63) is 34.0 Å². The molecule has 1 aliphatic heterocycles. The fourth-order valence-corrected chi connectivity index (χ4v) is 3.81. The highest BCUT2D eigenvalue weighted by molar-refractivity contribution is 7.07. The van der Waals surface area contributed by atoms with Gasteiger partial charge in [0, 0.05) is 19.5 Å². The van der Waals surface area contributed by atoms with E-state index >= 15 is 0 Å². The van der Waals surface area contributed by atoms with E-state index in [9.17, 15) is 4.79 Å². The van der Waals surface area contributed by atoms with Crippen molar-refractivity contribution in [1.82, 2.24) is 19.7 Å². The van der Waals surface area contributed by atoms with Gasteiger partial charge in [-0.25, -0.2) is 9.67 Å². The Morgan fingerprint density at radius 1 is 1.45 bits per heavy atom. The van der Waals surface area contributed by atoms with E-state index in [-0.39, 0.29) is 11.9 Å². The van der Waals surface area contributed by atoms with E-state index in [4.69, 9.17) is 0 Å². The number of hydrogen-bond acceptors (Lipinski definition) is 4. The second-order valence-corrected chi connectivity index (χ2v) is 6.70. The van der Waals surface area contributed by atoms with Gasteiger partial charge >= 0.3 is 0 Å². The summed E-state index contributed by atoms with van der Waals surface area (Å²) in [6.45, 7) is 5.52. The highest BCUT2D eigenvalue weighted by Crippen LogP contribution is 2.23. The number of hydrogen-bond donors (Lipinski definition) is 0. The van der Waals surface area contributed by atoms with Crippen LogP contribution in [0.1, 0.15) is 42.5 Å². The Balaban J connectivity index is 1.60. The molecule has 1 atom stereocenters. The van der Waals surface area contributed by atoms with Gasteiger partial charge < -0.3 is 4.90 Å². The predicted octanol–water partition coefficient (Wildman–Crippen LogP) is 2.75. The van der Waals surface area contributed by atoms with E-state index in [1.807, 2.05) is 23.4 Å². The zero-order chi connectivity index (χ0) is 15.5. The number of aryl methyl sites for hydroxylation is 3. The first-order valence-electron chi connectivity index (χ1n) is 7.82. The van der Waals surface area contributed by atoms with E-state index < -0.39 is 0 Å². The maximum absolute atomic E-state index is 12.4. The molecule has 6 heteroatoms. The smallest absolute Gasteiger partial charge is 0.222 e. The zero-order valence-electron chi connectivity index (χ0n) is 13.2. The Bertz CT molecular complexity index is 635. The Hall–Kier alpha value is -1.69. The number of aromatic nitrogens is 3. The van der Waals surface area contributed by atoms with Gasteiger partial charge in [-0.1, -0.05) is 0 Å². The number of carbonyl (C=O) groups excluding carboxylic acids is 1. The summed E-state index contributed by atoms with van der Waals surface area (Å²) in [7, 11) is 0. The van der Waals surface area contributed by atoms with Gasteiger partial charge in [-0.05, 0) is 55.5 Å². The Kier molecular flexibility index (Phi) is 4.57. The normalized spacial score (nSPS) is 18.6. The van der Waals surface area contributed by atoms with E-state index in [1.54, 1.807) is 11.3 Å². The molecule has 2 aromatic rings. The molecule has 3 rings (SSSR count). The maximum atomic E-state index is 12.4. The Labute approximate surface area is 135 Å². The largest absolute Gasteiger partial charge is 0.341 e. The van der Waals surface area contributed by atoms with Crippen molar-refractivity contribution in [2.45, 2.75) is 45.6 Å². The summed E-state index contributed by atoms with van der Waals surface area (Å²) in [5.74, 6) is 2.00. The first kappa shape index (κ1) is 15.2. The molecule has 1 fully saturated rings. The van der Waals surface area contributed by atoms with Crippen molar-refractivity contribution in [3.8, 4) is 0 Å². The van der Waals surface area contributed by atoms with Crippen LogP contribution in [0.25, 0.3) is 0 Å². The summed E-state index contributed by atoms with van der Waals surface area (Å²) < 4.78 is 1.99. The fourth-order valence-electron chi connectivity index (χ4n) is 3.11. The van der Waals surface area contributed by atoms with Crippen LogP contribution >= 0.6 is 11.3 Å². The number of nitrogens with zero attached hydrogens (tertiary/aromatic N) is 4. The molecule has 0 N–H and O–H groups in total. The maximum Gasteiger partial charge on any atom is 0.222 e. The van der Waals surface area contributed by atoms with Crippen LogP contribution in [0, 0.1) is 13.8 Å². The topological polar surface area (TPSA) is 51.0 Å². The summed E-state index contributed by atoms with van der Waals surface area (Å²) >= 11 is 1.68. The molecule has 0 saturated carbocycles. The summed E-state index contributed by atoms with van der Waals surface area (Å²) in [5.41, 5.74) is 1.26. The number of rotatable bonds is 4. The molecule has 0 bridgehead atoms. The lowest BCUT2D eigenvalue weighted by atomic mass is 10.0. The molecule has 118 valence electrons. The predicted molar refractivity (Wildman–Crippen MR) is 87.0 cm³/mol. The minimum absolute atomic E-state index is 0.255. The lowest BCUT2D eigenvalue weighted by Gasteiger charge is -2.33. The average molecular weight is 318 g/mol. The second kappa shape index (κ2) is 6.60. The van der Waals surface area contributed by atoms with Crippen LogP contribution in [0.5, 0.6) is 0 Å². The number of carbonyl (C=O) groups is 1. The quantitative estimate of drug-likeness (QED) is 0.871. The van der Waals surface area contributed by atoms with Crippen LogP contribution in [-0.2, 0) is 11.2 Å². The minimum atomic E-state index is 0.255. The summed E-state index contributed by atoms with van der Waals surface area (Å²) in [6, 6.07) is 2.36. The van der Waals surface area contributed by atoms with Gasteiger partial charge in [-0.2, -0.15) is 16.4 Å². The average Bonchev–Trinajstić information content (AvgIpc) is 3.14. The molecular weight excluding hydrogens is 296 g/mol. The van der Waals surface area contributed by atoms with Crippen LogP contribution in [0.2, 0.25) is 0 Å². The van der Waals surface area contributed by atoms with Crippen molar-refractivity contribution in [1.29, 1.82) is 0 Å². The molecule has 0 aromatic carbocycles. The van der Waals surface area contributed by atoms with E-state index in [1.165, 1.54) is 5.56 Å². The highest BCUT2D eigenvalue weighted by Gasteiger charge is 2.26.